The van der Waals surface area contributed by atoms with Crippen LogP contribution in [0.1, 0.15) is 11.8 Å². The summed E-state index contributed by atoms with van der Waals surface area (Å²) < 4.78 is 26.5. The van der Waals surface area contributed by atoms with E-state index in [1.54, 1.807) is 24.9 Å². The van der Waals surface area contributed by atoms with Gasteiger partial charge in [0, 0.05) is 30.3 Å². The Morgan fingerprint density at radius 2 is 2.22 bits per heavy atom. The Morgan fingerprint density at radius 3 is 2.78 bits per heavy atom. The molecule has 0 aliphatic heterocycles. The zero-order valence-corrected chi connectivity index (χ0v) is 13.6. The van der Waals surface area contributed by atoms with Crippen molar-refractivity contribution >= 4 is 33.1 Å². The topological polar surface area (TPSA) is 49.4 Å². The Balaban J connectivity index is 3.01. The second kappa shape index (κ2) is 6.91. The van der Waals surface area contributed by atoms with Crippen molar-refractivity contribution in [2.45, 2.75) is 24.4 Å². The van der Waals surface area contributed by atoms with E-state index in [1.165, 1.54) is 15.6 Å². The molecule has 0 saturated heterocycles. The normalized spacial score (nSPS) is 14.1. The van der Waals surface area contributed by atoms with Gasteiger partial charge in [-0.2, -0.15) is 16.1 Å². The van der Waals surface area contributed by atoms with Gasteiger partial charge in [-0.25, -0.2) is 8.42 Å². The summed E-state index contributed by atoms with van der Waals surface area (Å²) in [6, 6.07) is 1.68. The third-order valence-corrected chi connectivity index (χ3v) is 6.65. The predicted molar refractivity (Wildman–Crippen MR) is 79.9 cm³/mol. The van der Waals surface area contributed by atoms with Crippen molar-refractivity contribution in [3.8, 4) is 0 Å². The van der Waals surface area contributed by atoms with Crippen LogP contribution < -0.4 is 5.32 Å². The highest BCUT2D eigenvalue weighted by Crippen LogP contribution is 2.26. The van der Waals surface area contributed by atoms with E-state index in [0.717, 1.165) is 10.6 Å². The molecule has 1 unspecified atom stereocenters. The molecule has 0 fully saturated rings. The van der Waals surface area contributed by atoms with Crippen LogP contribution >= 0.6 is 23.1 Å². The van der Waals surface area contributed by atoms with Gasteiger partial charge in [0.15, 0.2) is 0 Å². The predicted octanol–water partition coefficient (Wildman–Crippen LogP) is 1.84. The van der Waals surface area contributed by atoms with Gasteiger partial charge in [0.05, 0.1) is 4.90 Å². The van der Waals surface area contributed by atoms with E-state index in [9.17, 15) is 8.42 Å². The van der Waals surface area contributed by atoms with Crippen LogP contribution in [-0.2, 0) is 16.6 Å². The highest BCUT2D eigenvalue weighted by Gasteiger charge is 2.27. The molecule has 0 saturated carbocycles. The Hall–Kier alpha value is -0.0800. The second-order valence-electron chi connectivity index (χ2n) is 4.06. The zero-order chi connectivity index (χ0) is 13.8. The lowest BCUT2D eigenvalue weighted by Crippen LogP contribution is -2.36. The van der Waals surface area contributed by atoms with Gasteiger partial charge in [-0.1, -0.05) is 0 Å². The molecule has 1 rings (SSSR count). The average Bonchev–Trinajstić information content (AvgIpc) is 2.77. The van der Waals surface area contributed by atoms with Gasteiger partial charge in [0.1, 0.15) is 0 Å². The van der Waals surface area contributed by atoms with E-state index in [0.29, 0.717) is 11.4 Å². The number of nitrogens with one attached hydrogen (secondary N) is 1. The number of sulfonamides is 1. The third-order valence-electron chi connectivity index (χ3n) is 2.73. The summed E-state index contributed by atoms with van der Waals surface area (Å²) >= 11 is 3.12. The van der Waals surface area contributed by atoms with Gasteiger partial charge in [0.25, 0.3) is 0 Å². The molecule has 0 bridgehead atoms. The largest absolute Gasteiger partial charge is 0.315 e. The van der Waals surface area contributed by atoms with Gasteiger partial charge in [0.2, 0.25) is 10.0 Å². The van der Waals surface area contributed by atoms with Crippen molar-refractivity contribution in [1.29, 1.82) is 0 Å². The highest BCUT2D eigenvalue weighted by atomic mass is 32.2. The first-order valence-electron chi connectivity index (χ1n) is 5.63. The van der Waals surface area contributed by atoms with E-state index in [-0.39, 0.29) is 6.04 Å². The molecule has 1 heterocycles. The van der Waals surface area contributed by atoms with Crippen molar-refractivity contribution in [1.82, 2.24) is 9.62 Å². The van der Waals surface area contributed by atoms with Crippen molar-refractivity contribution < 1.29 is 8.42 Å². The van der Waals surface area contributed by atoms with Gasteiger partial charge >= 0.3 is 0 Å². The first kappa shape index (κ1) is 16.0. The lowest BCUT2D eigenvalue weighted by molar-refractivity contribution is 0.414. The maximum atomic E-state index is 12.5. The van der Waals surface area contributed by atoms with E-state index >= 15 is 0 Å². The minimum atomic E-state index is -3.38. The maximum absolute atomic E-state index is 12.5. The summed E-state index contributed by atoms with van der Waals surface area (Å²) in [5, 5.41) is 4.83. The molecule has 0 spiro atoms. The molecule has 0 amide bonds. The summed E-state index contributed by atoms with van der Waals surface area (Å²) in [5.41, 5.74) is 0. The highest BCUT2D eigenvalue weighted by molar-refractivity contribution is 7.98. The molecule has 0 aliphatic carbocycles. The Morgan fingerprint density at radius 1 is 1.56 bits per heavy atom. The Labute approximate surface area is 118 Å². The number of thiophene rings is 1. The number of rotatable bonds is 7. The van der Waals surface area contributed by atoms with E-state index in [2.05, 4.69) is 5.32 Å². The molecular weight excluding hydrogens is 288 g/mol. The minimum absolute atomic E-state index is 0.00710. The Kier molecular flexibility index (Phi) is 6.13. The molecule has 1 aromatic rings. The fraction of sp³-hybridized carbons (Fsp3) is 0.636. The van der Waals surface area contributed by atoms with E-state index in [4.69, 9.17) is 0 Å². The van der Waals surface area contributed by atoms with Crippen LogP contribution in [-0.4, -0.2) is 44.9 Å². The molecule has 0 radical (unpaired) electrons. The smallest absolute Gasteiger partial charge is 0.244 e. The molecule has 7 heteroatoms. The quantitative estimate of drug-likeness (QED) is 0.835. The number of thioether (sulfide) groups is 1. The van der Waals surface area contributed by atoms with Crippen LogP contribution in [0, 0.1) is 0 Å². The van der Waals surface area contributed by atoms with Crippen LogP contribution in [0.2, 0.25) is 0 Å². The Bertz CT molecular complexity index is 470. The van der Waals surface area contributed by atoms with Crippen molar-refractivity contribution in [2.24, 2.45) is 0 Å². The lowest BCUT2D eigenvalue weighted by Gasteiger charge is -2.23. The number of hydrogen-bond donors (Lipinski definition) is 1. The van der Waals surface area contributed by atoms with Gasteiger partial charge in [-0.3, -0.25) is 0 Å². The molecule has 0 aromatic carbocycles. The fourth-order valence-corrected chi connectivity index (χ4v) is 5.17. The summed E-state index contributed by atoms with van der Waals surface area (Å²) in [7, 11) is 0.0860. The molecule has 0 aliphatic rings. The molecular formula is C11H20N2O2S3. The third kappa shape index (κ3) is 3.48. The molecule has 18 heavy (non-hydrogen) atoms. The second-order valence-corrected chi connectivity index (χ2v) is 7.94. The van der Waals surface area contributed by atoms with Crippen molar-refractivity contribution in [2.75, 3.05) is 26.1 Å². The minimum Gasteiger partial charge on any atom is -0.315 e. The maximum Gasteiger partial charge on any atom is 0.244 e. The molecule has 4 nitrogen and oxygen atoms in total. The average molecular weight is 308 g/mol. The van der Waals surface area contributed by atoms with Crippen LogP contribution in [0.3, 0.4) is 0 Å². The summed E-state index contributed by atoms with van der Waals surface area (Å²) in [5.74, 6) is 0.793. The fourth-order valence-electron chi connectivity index (χ4n) is 1.59. The first-order valence-corrected chi connectivity index (χ1v) is 9.34. The van der Waals surface area contributed by atoms with Crippen LogP contribution in [0.4, 0.5) is 0 Å². The summed E-state index contributed by atoms with van der Waals surface area (Å²) in [6.45, 7) is 2.51. The van der Waals surface area contributed by atoms with E-state index in [1.807, 2.05) is 25.6 Å². The number of hydrogen-bond acceptors (Lipinski definition) is 5. The summed E-state index contributed by atoms with van der Waals surface area (Å²) in [6.07, 6.45) is 1.98. The monoisotopic (exact) mass is 308 g/mol. The molecule has 104 valence electrons. The zero-order valence-electron chi connectivity index (χ0n) is 11.1. The number of nitrogens with zero attached hydrogens (tertiary/aromatic N) is 1. The van der Waals surface area contributed by atoms with Crippen molar-refractivity contribution in [3.05, 3.63) is 16.3 Å². The lowest BCUT2D eigenvalue weighted by atomic mass is 10.4. The van der Waals surface area contributed by atoms with Crippen molar-refractivity contribution in [3.63, 3.8) is 0 Å². The SMILES string of the molecule is CNCc1sccc1S(=O)(=O)N(C)C(C)CSC. The standard InChI is InChI=1S/C11H20N2O2S3/c1-9(8-16-4)13(3)18(14,15)11-5-6-17-10(11)7-12-2/h5-6,9,12H,7-8H2,1-4H3. The first-order chi connectivity index (χ1) is 8.45. The molecule has 1 N–H and O–H groups in total. The van der Waals surface area contributed by atoms with Gasteiger partial charge in [-0.15, -0.1) is 11.3 Å². The van der Waals surface area contributed by atoms with Crippen LogP contribution in [0.25, 0.3) is 0 Å². The van der Waals surface area contributed by atoms with Gasteiger partial charge in [-0.05, 0) is 31.7 Å². The molecule has 1 atom stereocenters. The summed E-state index contributed by atoms with van der Waals surface area (Å²) in [4.78, 5) is 1.29. The van der Waals surface area contributed by atoms with Crippen LogP contribution in [0.5, 0.6) is 0 Å². The van der Waals surface area contributed by atoms with E-state index < -0.39 is 10.0 Å². The molecule has 1 aromatic heterocycles. The van der Waals surface area contributed by atoms with Crippen LogP contribution in [0.15, 0.2) is 16.3 Å². The van der Waals surface area contributed by atoms with Gasteiger partial charge < -0.3 is 5.32 Å².